The monoisotopic (exact) mass is 282 g/mol. The van der Waals surface area contributed by atoms with Gasteiger partial charge in [0.25, 0.3) is 0 Å². The second kappa shape index (κ2) is 4.49. The van der Waals surface area contributed by atoms with E-state index >= 15 is 0 Å². The van der Waals surface area contributed by atoms with E-state index in [2.05, 4.69) is 0 Å². The SMILES string of the molecule is CC1OC2(OCc3ccccc32)C(O)(CO)C(O)C1O. The molecule has 0 aromatic heterocycles. The lowest BCUT2D eigenvalue weighted by molar-refractivity contribution is -0.407. The Morgan fingerprint density at radius 2 is 2.00 bits per heavy atom. The number of rotatable bonds is 1. The van der Waals surface area contributed by atoms with Crippen LogP contribution >= 0.6 is 0 Å². The summed E-state index contributed by atoms with van der Waals surface area (Å²) in [4.78, 5) is 0. The molecule has 2 aliphatic rings. The van der Waals surface area contributed by atoms with E-state index in [9.17, 15) is 20.4 Å². The molecule has 0 aliphatic carbocycles. The molecule has 0 saturated carbocycles. The van der Waals surface area contributed by atoms with Crippen molar-refractivity contribution in [3.8, 4) is 0 Å². The summed E-state index contributed by atoms with van der Waals surface area (Å²) in [7, 11) is 0. The highest BCUT2D eigenvalue weighted by Gasteiger charge is 2.66. The summed E-state index contributed by atoms with van der Waals surface area (Å²) in [5.41, 5.74) is -0.754. The molecule has 1 fully saturated rings. The molecule has 1 spiro atoms. The Morgan fingerprint density at radius 3 is 2.70 bits per heavy atom. The summed E-state index contributed by atoms with van der Waals surface area (Å²) < 4.78 is 11.4. The zero-order valence-electron chi connectivity index (χ0n) is 11.1. The number of fused-ring (bicyclic) bond motifs is 2. The van der Waals surface area contributed by atoms with Crippen LogP contribution in [-0.2, 0) is 21.9 Å². The van der Waals surface area contributed by atoms with Gasteiger partial charge in [-0.2, -0.15) is 0 Å². The van der Waals surface area contributed by atoms with E-state index in [1.807, 2.05) is 12.1 Å². The molecule has 110 valence electrons. The van der Waals surface area contributed by atoms with E-state index in [-0.39, 0.29) is 6.61 Å². The molecule has 5 unspecified atom stereocenters. The highest BCUT2D eigenvalue weighted by atomic mass is 16.7. The van der Waals surface area contributed by atoms with Crippen molar-refractivity contribution in [2.24, 2.45) is 0 Å². The number of hydrogen-bond acceptors (Lipinski definition) is 6. The molecule has 6 nitrogen and oxygen atoms in total. The van der Waals surface area contributed by atoms with Crippen LogP contribution in [0.25, 0.3) is 0 Å². The minimum atomic E-state index is -2.13. The molecule has 3 rings (SSSR count). The Balaban J connectivity index is 2.16. The zero-order valence-corrected chi connectivity index (χ0v) is 11.1. The first kappa shape index (κ1) is 13.9. The van der Waals surface area contributed by atoms with Gasteiger partial charge < -0.3 is 29.9 Å². The molecular formula is C14H18O6. The molecule has 1 aromatic carbocycles. The Morgan fingerprint density at radius 1 is 1.30 bits per heavy atom. The predicted molar refractivity (Wildman–Crippen MR) is 67.5 cm³/mol. The van der Waals surface area contributed by atoms with Gasteiger partial charge in [-0.3, -0.25) is 0 Å². The number of hydrogen-bond donors (Lipinski definition) is 4. The summed E-state index contributed by atoms with van der Waals surface area (Å²) in [6.45, 7) is 0.983. The molecular weight excluding hydrogens is 264 g/mol. The fourth-order valence-corrected chi connectivity index (χ4v) is 3.05. The van der Waals surface area contributed by atoms with Crippen molar-refractivity contribution < 1.29 is 29.9 Å². The van der Waals surface area contributed by atoms with E-state index in [0.29, 0.717) is 5.56 Å². The van der Waals surface area contributed by atoms with Gasteiger partial charge in [-0.05, 0) is 12.5 Å². The third kappa shape index (κ3) is 1.54. The van der Waals surface area contributed by atoms with Crippen molar-refractivity contribution in [2.75, 3.05) is 6.61 Å². The van der Waals surface area contributed by atoms with Crippen LogP contribution in [-0.4, -0.2) is 50.9 Å². The molecule has 2 heterocycles. The highest BCUT2D eigenvalue weighted by Crippen LogP contribution is 2.50. The van der Waals surface area contributed by atoms with E-state index in [1.165, 1.54) is 0 Å². The lowest BCUT2D eigenvalue weighted by atomic mass is 9.77. The number of aliphatic hydroxyl groups is 4. The van der Waals surface area contributed by atoms with Crippen LogP contribution in [0.1, 0.15) is 18.1 Å². The average Bonchev–Trinajstić information content (AvgIpc) is 2.84. The summed E-state index contributed by atoms with van der Waals surface area (Å²) in [5.74, 6) is -1.67. The molecule has 4 N–H and O–H groups in total. The molecule has 20 heavy (non-hydrogen) atoms. The summed E-state index contributed by atoms with van der Waals surface area (Å²) in [6, 6.07) is 7.14. The van der Waals surface area contributed by atoms with Crippen LogP contribution in [0.5, 0.6) is 0 Å². The first-order chi connectivity index (χ1) is 9.46. The normalized spacial score (nSPS) is 43.8. The standard InChI is InChI=1S/C14H18O6/c1-8-11(16)12(17)13(18,7-15)14(20-8)10-5-3-2-4-9(10)6-19-14/h2-5,8,11-12,15-18H,6-7H2,1H3. The lowest BCUT2D eigenvalue weighted by Gasteiger charge is -2.52. The topological polar surface area (TPSA) is 99.4 Å². The van der Waals surface area contributed by atoms with E-state index < -0.39 is 36.3 Å². The van der Waals surface area contributed by atoms with Gasteiger partial charge in [0.15, 0.2) is 5.60 Å². The molecule has 1 aromatic rings. The molecule has 2 aliphatic heterocycles. The summed E-state index contributed by atoms with van der Waals surface area (Å²) >= 11 is 0. The van der Waals surface area contributed by atoms with Gasteiger partial charge in [-0.25, -0.2) is 0 Å². The fourth-order valence-electron chi connectivity index (χ4n) is 3.05. The lowest BCUT2D eigenvalue weighted by Crippen LogP contribution is -2.72. The van der Waals surface area contributed by atoms with Crippen molar-refractivity contribution in [1.82, 2.24) is 0 Å². The van der Waals surface area contributed by atoms with Crippen molar-refractivity contribution >= 4 is 0 Å². The van der Waals surface area contributed by atoms with Crippen LogP contribution in [0.15, 0.2) is 24.3 Å². The van der Waals surface area contributed by atoms with Crippen LogP contribution in [0.4, 0.5) is 0 Å². The number of ether oxygens (including phenoxy) is 2. The summed E-state index contributed by atoms with van der Waals surface area (Å²) in [6.07, 6.45) is -3.64. The van der Waals surface area contributed by atoms with Gasteiger partial charge >= 0.3 is 0 Å². The number of aliphatic hydroxyl groups excluding tert-OH is 3. The van der Waals surface area contributed by atoms with Crippen molar-refractivity contribution in [3.63, 3.8) is 0 Å². The van der Waals surface area contributed by atoms with Crippen LogP contribution in [0.3, 0.4) is 0 Å². The third-order valence-electron chi connectivity index (χ3n) is 4.26. The predicted octanol–water partition coefficient (Wildman–Crippen LogP) is -0.766. The Bertz CT molecular complexity index is 520. The van der Waals surface area contributed by atoms with E-state index in [0.717, 1.165) is 5.56 Å². The second-order valence-corrected chi connectivity index (χ2v) is 5.40. The first-order valence-electron chi connectivity index (χ1n) is 6.56. The van der Waals surface area contributed by atoms with Crippen molar-refractivity contribution in [3.05, 3.63) is 35.4 Å². The first-order valence-corrected chi connectivity index (χ1v) is 6.56. The molecule has 0 bridgehead atoms. The molecule has 1 saturated heterocycles. The van der Waals surface area contributed by atoms with E-state index in [4.69, 9.17) is 9.47 Å². The summed E-state index contributed by atoms with van der Waals surface area (Å²) in [5, 5.41) is 40.4. The largest absolute Gasteiger partial charge is 0.393 e. The number of benzene rings is 1. The highest BCUT2D eigenvalue weighted by molar-refractivity contribution is 5.37. The quantitative estimate of drug-likeness (QED) is 0.540. The third-order valence-corrected chi connectivity index (χ3v) is 4.26. The zero-order chi connectivity index (χ0) is 14.5. The average molecular weight is 282 g/mol. The Kier molecular flexibility index (Phi) is 3.13. The van der Waals surface area contributed by atoms with Gasteiger partial charge in [0.05, 0.1) is 19.3 Å². The molecule has 0 amide bonds. The smallest absolute Gasteiger partial charge is 0.230 e. The van der Waals surface area contributed by atoms with Gasteiger partial charge in [0.1, 0.15) is 12.2 Å². The van der Waals surface area contributed by atoms with Crippen LogP contribution in [0.2, 0.25) is 0 Å². The molecule has 6 heteroatoms. The van der Waals surface area contributed by atoms with Gasteiger partial charge in [-0.1, -0.05) is 24.3 Å². The van der Waals surface area contributed by atoms with Gasteiger partial charge in [0, 0.05) is 5.56 Å². The van der Waals surface area contributed by atoms with Gasteiger partial charge in [0.2, 0.25) is 5.79 Å². The van der Waals surface area contributed by atoms with Crippen LogP contribution < -0.4 is 0 Å². The van der Waals surface area contributed by atoms with Crippen LogP contribution in [0, 0.1) is 0 Å². The maximum atomic E-state index is 10.7. The maximum Gasteiger partial charge on any atom is 0.230 e. The fraction of sp³-hybridized carbons (Fsp3) is 0.571. The van der Waals surface area contributed by atoms with Crippen molar-refractivity contribution in [1.29, 1.82) is 0 Å². The van der Waals surface area contributed by atoms with Crippen molar-refractivity contribution in [2.45, 2.75) is 43.2 Å². The van der Waals surface area contributed by atoms with Gasteiger partial charge in [-0.15, -0.1) is 0 Å². The molecule has 0 radical (unpaired) electrons. The second-order valence-electron chi connectivity index (χ2n) is 5.40. The Labute approximate surface area is 116 Å². The Hall–Kier alpha value is -1.02. The maximum absolute atomic E-state index is 10.7. The minimum Gasteiger partial charge on any atom is -0.393 e. The minimum absolute atomic E-state index is 0.202. The van der Waals surface area contributed by atoms with E-state index in [1.54, 1.807) is 19.1 Å². The molecule has 5 atom stereocenters.